The molecule has 0 aromatic heterocycles. The van der Waals surface area contributed by atoms with Crippen LogP contribution in [-0.4, -0.2) is 36.2 Å². The van der Waals surface area contributed by atoms with Crippen LogP contribution in [-0.2, 0) is 14.3 Å². The van der Waals surface area contributed by atoms with Gasteiger partial charge in [-0.05, 0) is 38.5 Å². The van der Waals surface area contributed by atoms with Gasteiger partial charge in [0.2, 0.25) is 5.91 Å². The highest BCUT2D eigenvalue weighted by Crippen LogP contribution is 2.38. The van der Waals surface area contributed by atoms with Crippen molar-refractivity contribution >= 4 is 11.9 Å². The van der Waals surface area contributed by atoms with E-state index in [1.807, 2.05) is 0 Å². The summed E-state index contributed by atoms with van der Waals surface area (Å²) < 4.78 is 5.60. The Morgan fingerprint density at radius 3 is 2.72 bits per heavy atom. The molecule has 0 aromatic rings. The normalized spacial score (nSPS) is 30.8. The number of aliphatic carboxylic acids is 1. The van der Waals surface area contributed by atoms with E-state index >= 15 is 0 Å². The number of rotatable bonds is 6. The van der Waals surface area contributed by atoms with Crippen molar-refractivity contribution in [3.63, 3.8) is 0 Å². The molecule has 3 unspecified atom stereocenters. The Morgan fingerprint density at radius 1 is 1.28 bits per heavy atom. The molecular weight excluding hydrogens is 234 g/mol. The minimum absolute atomic E-state index is 0.105. The highest BCUT2D eigenvalue weighted by atomic mass is 16.5. The number of hydrogen-bond acceptors (Lipinski definition) is 3. The van der Waals surface area contributed by atoms with Crippen molar-refractivity contribution in [3.05, 3.63) is 0 Å². The molecule has 5 heteroatoms. The first-order valence-corrected chi connectivity index (χ1v) is 6.80. The first-order valence-electron chi connectivity index (χ1n) is 6.80. The standard InChI is InChI=1S/C13H21NO4/c15-12(10-8-11(10)13(16)17)14-6-3-5-9-4-1-2-7-18-9/h9-11H,1-8H2,(H,14,15)(H,16,17). The Balaban J connectivity index is 1.53. The number of carboxylic acid groups (broad SMARTS) is 1. The fraction of sp³-hybridized carbons (Fsp3) is 0.846. The number of carbonyl (C=O) groups excluding carboxylic acids is 1. The van der Waals surface area contributed by atoms with Crippen LogP contribution in [0.1, 0.15) is 38.5 Å². The maximum atomic E-state index is 11.6. The Morgan fingerprint density at radius 2 is 2.11 bits per heavy atom. The lowest BCUT2D eigenvalue weighted by molar-refractivity contribution is -0.140. The molecule has 0 aromatic carbocycles. The summed E-state index contributed by atoms with van der Waals surface area (Å²) in [6.07, 6.45) is 6.24. The lowest BCUT2D eigenvalue weighted by Crippen LogP contribution is -2.28. The third kappa shape index (κ3) is 3.70. The van der Waals surface area contributed by atoms with Gasteiger partial charge in [-0.25, -0.2) is 0 Å². The van der Waals surface area contributed by atoms with Crippen molar-refractivity contribution in [1.29, 1.82) is 0 Å². The van der Waals surface area contributed by atoms with Gasteiger partial charge in [0.25, 0.3) is 0 Å². The largest absolute Gasteiger partial charge is 0.481 e. The molecular formula is C13H21NO4. The predicted octanol–water partition coefficient (Wildman–Crippen LogP) is 1.17. The van der Waals surface area contributed by atoms with Crippen LogP contribution in [0.2, 0.25) is 0 Å². The molecule has 1 heterocycles. The zero-order valence-electron chi connectivity index (χ0n) is 10.6. The molecule has 0 bridgehead atoms. The summed E-state index contributed by atoms with van der Waals surface area (Å²) in [6, 6.07) is 0. The van der Waals surface area contributed by atoms with Gasteiger partial charge in [0.05, 0.1) is 17.9 Å². The van der Waals surface area contributed by atoms with Crippen LogP contribution in [0, 0.1) is 11.8 Å². The number of carboxylic acids is 1. The minimum Gasteiger partial charge on any atom is -0.481 e. The number of nitrogens with one attached hydrogen (secondary N) is 1. The molecule has 1 amide bonds. The van der Waals surface area contributed by atoms with E-state index in [0.29, 0.717) is 19.1 Å². The summed E-state index contributed by atoms with van der Waals surface area (Å²) in [5.41, 5.74) is 0. The van der Waals surface area contributed by atoms with E-state index in [-0.39, 0.29) is 11.8 Å². The number of amides is 1. The zero-order valence-corrected chi connectivity index (χ0v) is 10.6. The van der Waals surface area contributed by atoms with Gasteiger partial charge in [-0.1, -0.05) is 0 Å². The van der Waals surface area contributed by atoms with Gasteiger partial charge in [0.15, 0.2) is 0 Å². The molecule has 5 nitrogen and oxygen atoms in total. The molecule has 0 radical (unpaired) electrons. The molecule has 2 N–H and O–H groups in total. The molecule has 1 saturated carbocycles. The summed E-state index contributed by atoms with van der Waals surface area (Å²) in [6.45, 7) is 1.49. The van der Waals surface area contributed by atoms with Crippen LogP contribution < -0.4 is 5.32 Å². The number of hydrogen-bond donors (Lipinski definition) is 2. The first kappa shape index (κ1) is 13.3. The molecule has 1 aliphatic heterocycles. The van der Waals surface area contributed by atoms with Gasteiger partial charge < -0.3 is 15.2 Å². The highest BCUT2D eigenvalue weighted by Gasteiger charge is 2.48. The van der Waals surface area contributed by atoms with Crippen LogP contribution in [0.4, 0.5) is 0 Å². The third-order valence-corrected chi connectivity index (χ3v) is 3.72. The lowest BCUT2D eigenvalue weighted by Gasteiger charge is -2.22. The Hall–Kier alpha value is -1.10. The molecule has 18 heavy (non-hydrogen) atoms. The number of ether oxygens (including phenoxy) is 1. The van der Waals surface area contributed by atoms with Crippen LogP contribution in [0.15, 0.2) is 0 Å². The van der Waals surface area contributed by atoms with Crippen molar-refractivity contribution in [2.45, 2.75) is 44.6 Å². The maximum absolute atomic E-state index is 11.6. The van der Waals surface area contributed by atoms with E-state index in [1.165, 1.54) is 6.42 Å². The van der Waals surface area contributed by atoms with E-state index in [2.05, 4.69) is 5.32 Å². The molecule has 2 aliphatic rings. The van der Waals surface area contributed by atoms with Gasteiger partial charge >= 0.3 is 5.97 Å². The Kier molecular flexibility index (Phi) is 4.58. The van der Waals surface area contributed by atoms with E-state index in [4.69, 9.17) is 9.84 Å². The summed E-state index contributed by atoms with van der Waals surface area (Å²) in [4.78, 5) is 22.2. The second-order valence-electron chi connectivity index (χ2n) is 5.21. The molecule has 1 aliphatic carbocycles. The van der Waals surface area contributed by atoms with Gasteiger partial charge in [0.1, 0.15) is 0 Å². The Bertz CT molecular complexity index is 312. The van der Waals surface area contributed by atoms with Gasteiger partial charge in [0, 0.05) is 13.2 Å². The van der Waals surface area contributed by atoms with Crippen LogP contribution in [0.3, 0.4) is 0 Å². The topological polar surface area (TPSA) is 75.6 Å². The van der Waals surface area contributed by atoms with Crippen molar-refractivity contribution in [2.75, 3.05) is 13.2 Å². The van der Waals surface area contributed by atoms with Crippen LogP contribution >= 0.6 is 0 Å². The average molecular weight is 255 g/mol. The molecule has 0 spiro atoms. The smallest absolute Gasteiger partial charge is 0.307 e. The van der Waals surface area contributed by atoms with Gasteiger partial charge in [-0.2, -0.15) is 0 Å². The van der Waals surface area contributed by atoms with Crippen molar-refractivity contribution < 1.29 is 19.4 Å². The van der Waals surface area contributed by atoms with Crippen LogP contribution in [0.5, 0.6) is 0 Å². The van der Waals surface area contributed by atoms with Gasteiger partial charge in [-0.15, -0.1) is 0 Å². The second-order valence-corrected chi connectivity index (χ2v) is 5.21. The summed E-state index contributed by atoms with van der Waals surface area (Å²) >= 11 is 0. The highest BCUT2D eigenvalue weighted by molar-refractivity contribution is 5.89. The summed E-state index contributed by atoms with van der Waals surface area (Å²) in [5.74, 6) is -1.71. The van der Waals surface area contributed by atoms with Gasteiger partial charge in [-0.3, -0.25) is 9.59 Å². The molecule has 1 saturated heterocycles. The zero-order chi connectivity index (χ0) is 13.0. The molecule has 2 rings (SSSR count). The second kappa shape index (κ2) is 6.18. The monoisotopic (exact) mass is 255 g/mol. The van der Waals surface area contributed by atoms with E-state index < -0.39 is 11.9 Å². The van der Waals surface area contributed by atoms with E-state index in [9.17, 15) is 9.59 Å². The van der Waals surface area contributed by atoms with Crippen molar-refractivity contribution in [1.82, 2.24) is 5.32 Å². The van der Waals surface area contributed by atoms with Crippen molar-refractivity contribution in [3.8, 4) is 0 Å². The summed E-state index contributed by atoms with van der Waals surface area (Å²) in [5, 5.41) is 11.5. The third-order valence-electron chi connectivity index (χ3n) is 3.72. The van der Waals surface area contributed by atoms with E-state index in [1.54, 1.807) is 0 Å². The summed E-state index contributed by atoms with van der Waals surface area (Å²) in [7, 11) is 0. The lowest BCUT2D eigenvalue weighted by atomic mass is 10.0. The number of carbonyl (C=O) groups is 2. The first-order chi connectivity index (χ1) is 8.68. The van der Waals surface area contributed by atoms with E-state index in [0.717, 1.165) is 32.3 Å². The average Bonchev–Trinajstić information content (AvgIpc) is 3.16. The molecule has 3 atom stereocenters. The minimum atomic E-state index is -0.856. The molecule has 102 valence electrons. The molecule has 2 fully saturated rings. The SMILES string of the molecule is O=C(O)C1CC1C(=O)NCCCC1CCCCO1. The van der Waals surface area contributed by atoms with Crippen LogP contribution in [0.25, 0.3) is 0 Å². The fourth-order valence-electron chi connectivity index (χ4n) is 2.47. The quantitative estimate of drug-likeness (QED) is 0.699. The maximum Gasteiger partial charge on any atom is 0.307 e. The fourth-order valence-corrected chi connectivity index (χ4v) is 2.47. The predicted molar refractivity (Wildman–Crippen MR) is 65.1 cm³/mol. The van der Waals surface area contributed by atoms with Crippen molar-refractivity contribution in [2.24, 2.45) is 11.8 Å². The Labute approximate surface area is 107 Å².